The Hall–Kier alpha value is -2.80. The number of nitrogens with two attached hydrogens (primary N) is 1. The molecule has 2 aliphatic rings. The van der Waals surface area contributed by atoms with Crippen LogP contribution in [-0.4, -0.2) is 97.7 Å². The Balaban J connectivity index is 1.53. The molecule has 0 unspecified atom stereocenters. The van der Waals surface area contributed by atoms with Crippen LogP contribution in [0.3, 0.4) is 0 Å². The number of ether oxygens (including phenoxy) is 4. The number of fused-ring (bicyclic) bond motifs is 1. The van der Waals surface area contributed by atoms with Gasteiger partial charge in [0.2, 0.25) is 19.3 Å². The van der Waals surface area contributed by atoms with Gasteiger partial charge in [-0.25, -0.2) is 14.3 Å². The minimum atomic E-state index is -3.55. The number of anilines is 1. The summed E-state index contributed by atoms with van der Waals surface area (Å²) in [6.07, 6.45) is 4.06. The van der Waals surface area contributed by atoms with Crippen LogP contribution in [0.25, 0.3) is 11.2 Å². The second-order valence-electron chi connectivity index (χ2n) is 11.2. The minimum absolute atomic E-state index is 0.0718. The highest BCUT2D eigenvalue weighted by molar-refractivity contribution is 7.59. The molecule has 2 fully saturated rings. The lowest BCUT2D eigenvalue weighted by atomic mass is 10.2. The van der Waals surface area contributed by atoms with Crippen LogP contribution in [-0.2, 0) is 34.9 Å². The van der Waals surface area contributed by atoms with E-state index in [0.717, 1.165) is 6.42 Å². The number of nitrogen functional groups attached to an aromatic ring is 1. The van der Waals surface area contributed by atoms with E-state index in [1.165, 1.54) is 0 Å². The topological polar surface area (TPSA) is 164 Å². The third-order valence-corrected chi connectivity index (χ3v) is 10.2. The minimum Gasteiger partial charge on any atom is -0.476 e. The summed E-state index contributed by atoms with van der Waals surface area (Å²) in [6, 6.07) is -1.36. The molecule has 0 bridgehead atoms. The summed E-state index contributed by atoms with van der Waals surface area (Å²) < 4.78 is 43.0. The molecule has 0 spiro atoms. The zero-order chi connectivity index (χ0) is 30.4. The van der Waals surface area contributed by atoms with Crippen LogP contribution in [0.4, 0.5) is 5.95 Å². The maximum Gasteiger partial charge on any atom is 0.324 e. The summed E-state index contributed by atoms with van der Waals surface area (Å²) >= 11 is 0. The summed E-state index contributed by atoms with van der Waals surface area (Å²) in [5.74, 6) is -0.425. The van der Waals surface area contributed by atoms with E-state index in [4.69, 9.17) is 24.7 Å². The van der Waals surface area contributed by atoms with Crippen LogP contribution in [0.15, 0.2) is 6.33 Å². The van der Waals surface area contributed by atoms with Crippen molar-refractivity contribution in [1.82, 2.24) is 28.9 Å². The molecule has 2 aliphatic heterocycles. The molecule has 14 nitrogen and oxygen atoms in total. The van der Waals surface area contributed by atoms with E-state index in [-0.39, 0.29) is 31.1 Å². The fourth-order valence-electron chi connectivity index (χ4n) is 5.39. The largest absolute Gasteiger partial charge is 0.476 e. The van der Waals surface area contributed by atoms with Crippen LogP contribution < -0.4 is 10.5 Å². The second-order valence-corrected chi connectivity index (χ2v) is 13.8. The molecule has 2 N–H and O–H groups in total. The van der Waals surface area contributed by atoms with Crippen molar-refractivity contribution in [2.24, 2.45) is 0 Å². The number of hydrogen-bond acceptors (Lipinski definition) is 11. The average molecular weight is 610 g/mol. The number of nitrogens with zero attached hydrogens (tertiary/aromatic N) is 6. The standard InChI is InChI=1S/C27H44N7O7P/c1-6-14-39-24-22-23(30-27(28)31-24)32(16-29-22)13-15-38-17-42(37,33-11-7-9-20(33)25(35)40-18(2)3)34-12-8-10-21(34)26(36)41-19(4)5/h16,18-21H,6-15,17H2,1-5H3,(H2,28,30,31)/t20-,21-/m0/s1. The van der Waals surface area contributed by atoms with Crippen molar-refractivity contribution >= 4 is 36.5 Å². The normalized spacial score (nSPS) is 20.2. The highest BCUT2D eigenvalue weighted by Gasteiger charge is 2.51. The molecule has 42 heavy (non-hydrogen) atoms. The molecule has 234 valence electrons. The van der Waals surface area contributed by atoms with E-state index >= 15 is 4.57 Å². The van der Waals surface area contributed by atoms with Gasteiger partial charge >= 0.3 is 11.9 Å². The highest BCUT2D eigenvalue weighted by atomic mass is 31.2. The van der Waals surface area contributed by atoms with Gasteiger partial charge in [-0.3, -0.25) is 14.2 Å². The molecule has 2 aromatic heterocycles. The Kier molecular flexibility index (Phi) is 10.8. The predicted octanol–water partition coefficient (Wildman–Crippen LogP) is 3.20. The maximum absolute atomic E-state index is 15.0. The van der Waals surface area contributed by atoms with Crippen molar-refractivity contribution in [3.05, 3.63) is 6.33 Å². The van der Waals surface area contributed by atoms with Crippen molar-refractivity contribution in [1.29, 1.82) is 0 Å². The molecular weight excluding hydrogens is 565 g/mol. The van der Waals surface area contributed by atoms with Crippen molar-refractivity contribution in [3.63, 3.8) is 0 Å². The van der Waals surface area contributed by atoms with Gasteiger partial charge in [-0.2, -0.15) is 9.97 Å². The average Bonchev–Trinajstić information content (AvgIpc) is 3.69. The fourth-order valence-corrected chi connectivity index (χ4v) is 8.55. The number of rotatable bonds is 14. The molecule has 0 aliphatic carbocycles. The van der Waals surface area contributed by atoms with Crippen LogP contribution >= 0.6 is 7.44 Å². The summed E-state index contributed by atoms with van der Waals surface area (Å²) in [6.45, 7) is 11.0. The van der Waals surface area contributed by atoms with Gasteiger partial charge in [-0.15, -0.1) is 0 Å². The predicted molar refractivity (Wildman–Crippen MR) is 156 cm³/mol. The monoisotopic (exact) mass is 609 g/mol. The summed E-state index contributed by atoms with van der Waals surface area (Å²) in [5.41, 5.74) is 6.92. The Morgan fingerprint density at radius 1 is 1.00 bits per heavy atom. The molecule has 0 aromatic carbocycles. The zero-order valence-corrected chi connectivity index (χ0v) is 26.1. The van der Waals surface area contributed by atoms with Crippen LogP contribution in [0.5, 0.6) is 5.88 Å². The number of carbonyl (C=O) groups is 2. The first-order valence-electron chi connectivity index (χ1n) is 14.8. The quantitative estimate of drug-likeness (QED) is 0.189. The summed E-state index contributed by atoms with van der Waals surface area (Å²) in [4.78, 5) is 39.0. The lowest BCUT2D eigenvalue weighted by molar-refractivity contribution is -0.151. The Bertz CT molecular complexity index is 1240. The number of imidazole rings is 1. The van der Waals surface area contributed by atoms with Gasteiger partial charge in [-0.05, 0) is 59.8 Å². The number of aromatic nitrogens is 4. The van der Waals surface area contributed by atoms with E-state index in [1.807, 2.05) is 6.92 Å². The van der Waals surface area contributed by atoms with Gasteiger partial charge in [-0.1, -0.05) is 6.92 Å². The van der Waals surface area contributed by atoms with Crippen LogP contribution in [0.2, 0.25) is 0 Å². The van der Waals surface area contributed by atoms with Crippen molar-refractivity contribution in [3.8, 4) is 5.88 Å². The van der Waals surface area contributed by atoms with E-state index in [0.29, 0.717) is 69.0 Å². The fraction of sp³-hybridized carbons (Fsp3) is 0.741. The molecular formula is C27H44N7O7P. The third-order valence-electron chi connectivity index (χ3n) is 7.13. The third kappa shape index (κ3) is 7.21. The van der Waals surface area contributed by atoms with E-state index < -0.39 is 31.5 Å². The Labute approximate surface area is 246 Å². The highest BCUT2D eigenvalue weighted by Crippen LogP contribution is 2.59. The molecule has 0 amide bonds. The van der Waals surface area contributed by atoms with Crippen molar-refractivity contribution < 1.29 is 33.1 Å². The molecule has 15 heteroatoms. The van der Waals surface area contributed by atoms with Gasteiger partial charge in [0, 0.05) is 19.6 Å². The first-order chi connectivity index (χ1) is 20.0. The van der Waals surface area contributed by atoms with E-state index in [9.17, 15) is 9.59 Å². The molecule has 2 atom stereocenters. The molecule has 0 radical (unpaired) electrons. The number of hydrogen-bond donors (Lipinski definition) is 1. The van der Waals surface area contributed by atoms with Crippen LogP contribution in [0.1, 0.15) is 66.7 Å². The van der Waals surface area contributed by atoms with Crippen LogP contribution in [0, 0.1) is 0 Å². The van der Waals surface area contributed by atoms with Gasteiger partial charge in [0.25, 0.3) is 0 Å². The zero-order valence-electron chi connectivity index (χ0n) is 25.2. The first-order valence-corrected chi connectivity index (χ1v) is 16.6. The van der Waals surface area contributed by atoms with Gasteiger partial charge in [0.1, 0.15) is 18.4 Å². The lowest BCUT2D eigenvalue weighted by Gasteiger charge is -2.39. The molecule has 4 heterocycles. The lowest BCUT2D eigenvalue weighted by Crippen LogP contribution is -2.45. The van der Waals surface area contributed by atoms with E-state index in [1.54, 1.807) is 47.9 Å². The summed E-state index contributed by atoms with van der Waals surface area (Å²) in [7, 11) is -3.55. The Morgan fingerprint density at radius 3 is 2.14 bits per heavy atom. The van der Waals surface area contributed by atoms with Gasteiger partial charge < -0.3 is 29.2 Å². The van der Waals surface area contributed by atoms with Gasteiger partial charge in [0.05, 0.1) is 31.7 Å². The molecule has 4 rings (SSSR count). The Morgan fingerprint density at radius 2 is 1.60 bits per heavy atom. The number of esters is 2. The van der Waals surface area contributed by atoms with Gasteiger partial charge in [0.15, 0.2) is 11.2 Å². The van der Waals surface area contributed by atoms with Crippen molar-refractivity contribution in [2.75, 3.05) is 38.4 Å². The molecule has 2 saturated heterocycles. The maximum atomic E-state index is 15.0. The SMILES string of the molecule is CCCOc1nc(N)nc2c1ncn2CCOCP(=O)(N1CCC[C@H]1C(=O)OC(C)C)N1CCC[C@H]1C(=O)OC(C)C. The first kappa shape index (κ1) is 32.1. The molecule has 2 aromatic rings. The second kappa shape index (κ2) is 14.1. The van der Waals surface area contributed by atoms with Crippen molar-refractivity contribution in [2.45, 2.75) is 97.6 Å². The van der Waals surface area contributed by atoms with E-state index in [2.05, 4.69) is 15.0 Å². The smallest absolute Gasteiger partial charge is 0.324 e. The number of carbonyl (C=O) groups excluding carboxylic acids is 2. The summed E-state index contributed by atoms with van der Waals surface area (Å²) in [5, 5.41) is 0. The molecule has 0 saturated carbocycles.